The lowest BCUT2D eigenvalue weighted by Gasteiger charge is -2.16. The van der Waals surface area contributed by atoms with Crippen LogP contribution in [0.3, 0.4) is 0 Å². The van der Waals surface area contributed by atoms with Gasteiger partial charge in [-0.3, -0.25) is 9.48 Å². The van der Waals surface area contributed by atoms with E-state index >= 15 is 0 Å². The highest BCUT2D eigenvalue weighted by atomic mass is 35.5. The van der Waals surface area contributed by atoms with Crippen molar-refractivity contribution in [3.05, 3.63) is 16.4 Å². The molecule has 8 heteroatoms. The van der Waals surface area contributed by atoms with Crippen LogP contribution in [-0.4, -0.2) is 29.4 Å². The fourth-order valence-electron chi connectivity index (χ4n) is 2.21. The second-order valence-electron chi connectivity index (χ2n) is 6.25. The van der Waals surface area contributed by atoms with Crippen LogP contribution in [0.15, 0.2) is 0 Å². The molecule has 0 saturated heterocycles. The second kappa shape index (κ2) is 7.00. The molecule has 22 heavy (non-hydrogen) atoms. The van der Waals surface area contributed by atoms with Gasteiger partial charge < -0.3 is 0 Å². The van der Waals surface area contributed by atoms with Gasteiger partial charge in [0, 0.05) is 7.05 Å². The largest absolute Gasteiger partial charge is 0.269 e. The number of halogens is 1. The lowest BCUT2D eigenvalue weighted by atomic mass is 10.1. The highest BCUT2D eigenvalue weighted by Gasteiger charge is 2.29. The SMILES string of the molecule is CC(C)C[C@@H](C)S(=O)(=O)NC(=O)c1c(C(C)C)nn(C)c1Cl. The predicted octanol–water partition coefficient (Wildman–Crippen LogP) is 2.69. The summed E-state index contributed by atoms with van der Waals surface area (Å²) in [5.74, 6) is -0.553. The molecule has 6 nitrogen and oxygen atoms in total. The molecule has 0 bridgehead atoms. The number of aryl methyl sites for hydroxylation is 1. The number of sulfonamides is 1. The third-order valence-corrected chi connectivity index (χ3v) is 5.50. The summed E-state index contributed by atoms with van der Waals surface area (Å²) in [5.41, 5.74) is 0.608. The molecule has 0 unspecified atom stereocenters. The molecular formula is C14H24ClN3O3S. The molecule has 0 spiro atoms. The summed E-state index contributed by atoms with van der Waals surface area (Å²) < 4.78 is 28.0. The Kier molecular flexibility index (Phi) is 6.03. The molecule has 1 N–H and O–H groups in total. The molecule has 0 fully saturated rings. The number of nitrogens with zero attached hydrogens (tertiary/aromatic N) is 2. The van der Waals surface area contributed by atoms with Gasteiger partial charge in [0.05, 0.1) is 10.9 Å². The molecule has 1 aromatic heterocycles. The minimum Gasteiger partial charge on any atom is -0.268 e. The number of hydrogen-bond acceptors (Lipinski definition) is 4. The van der Waals surface area contributed by atoms with Crippen LogP contribution < -0.4 is 4.72 Å². The lowest BCUT2D eigenvalue weighted by molar-refractivity contribution is 0.0980. The van der Waals surface area contributed by atoms with E-state index in [1.165, 1.54) is 4.68 Å². The molecule has 1 heterocycles. The molecule has 126 valence electrons. The number of aromatic nitrogens is 2. The van der Waals surface area contributed by atoms with Gasteiger partial charge in [0.15, 0.2) is 0 Å². The Morgan fingerprint density at radius 1 is 1.27 bits per heavy atom. The number of nitrogens with one attached hydrogen (secondary N) is 1. The van der Waals surface area contributed by atoms with Crippen LogP contribution in [0.2, 0.25) is 5.15 Å². The maximum absolute atomic E-state index is 12.4. The first kappa shape index (κ1) is 19.0. The van der Waals surface area contributed by atoms with Crippen molar-refractivity contribution in [3.8, 4) is 0 Å². The van der Waals surface area contributed by atoms with Crippen molar-refractivity contribution in [1.29, 1.82) is 0 Å². The molecule has 1 rings (SSSR count). The van der Waals surface area contributed by atoms with Crippen LogP contribution in [0.25, 0.3) is 0 Å². The van der Waals surface area contributed by atoms with Crippen molar-refractivity contribution in [1.82, 2.24) is 14.5 Å². The smallest absolute Gasteiger partial charge is 0.268 e. The minimum atomic E-state index is -3.75. The zero-order valence-electron chi connectivity index (χ0n) is 13.8. The van der Waals surface area contributed by atoms with Crippen LogP contribution in [0.4, 0.5) is 0 Å². The summed E-state index contributed by atoms with van der Waals surface area (Å²) >= 11 is 6.09. The average Bonchev–Trinajstić information content (AvgIpc) is 2.64. The molecular weight excluding hydrogens is 326 g/mol. The highest BCUT2D eigenvalue weighted by molar-refractivity contribution is 7.90. The number of hydrogen-bond donors (Lipinski definition) is 1. The Labute approximate surface area is 137 Å². The van der Waals surface area contributed by atoms with E-state index in [-0.39, 0.29) is 22.6 Å². The molecule has 0 aliphatic carbocycles. The minimum absolute atomic E-state index is 0.0461. The van der Waals surface area contributed by atoms with E-state index in [0.717, 1.165) is 0 Å². The van der Waals surface area contributed by atoms with Crippen LogP contribution in [0.1, 0.15) is 63.0 Å². The Morgan fingerprint density at radius 2 is 1.82 bits per heavy atom. The lowest BCUT2D eigenvalue weighted by Crippen LogP contribution is -2.38. The molecule has 1 atom stereocenters. The molecule has 0 aromatic carbocycles. The van der Waals surface area contributed by atoms with E-state index in [4.69, 9.17) is 11.6 Å². The van der Waals surface area contributed by atoms with Gasteiger partial charge in [-0.2, -0.15) is 5.10 Å². The van der Waals surface area contributed by atoms with Gasteiger partial charge in [-0.15, -0.1) is 0 Å². The molecule has 0 aliphatic rings. The normalized spacial score (nSPS) is 13.7. The number of amides is 1. The molecule has 0 aliphatic heterocycles. The summed E-state index contributed by atoms with van der Waals surface area (Å²) in [7, 11) is -2.14. The Bertz CT molecular complexity index is 651. The van der Waals surface area contributed by atoms with Crippen molar-refractivity contribution in [3.63, 3.8) is 0 Å². The summed E-state index contributed by atoms with van der Waals surface area (Å²) in [4.78, 5) is 12.4. The third-order valence-electron chi connectivity index (χ3n) is 3.35. The first-order valence-corrected chi connectivity index (χ1v) is 9.18. The van der Waals surface area contributed by atoms with E-state index in [1.807, 2.05) is 27.7 Å². The number of carbonyl (C=O) groups excluding carboxylic acids is 1. The Balaban J connectivity index is 3.08. The van der Waals surface area contributed by atoms with E-state index in [1.54, 1.807) is 14.0 Å². The van der Waals surface area contributed by atoms with Gasteiger partial charge in [0.1, 0.15) is 10.7 Å². The van der Waals surface area contributed by atoms with Crippen molar-refractivity contribution in [2.24, 2.45) is 13.0 Å². The fraction of sp³-hybridized carbons (Fsp3) is 0.714. The van der Waals surface area contributed by atoms with Gasteiger partial charge in [0.2, 0.25) is 10.0 Å². The topological polar surface area (TPSA) is 81.1 Å². The monoisotopic (exact) mass is 349 g/mol. The Hall–Kier alpha value is -1.08. The van der Waals surface area contributed by atoms with E-state index in [9.17, 15) is 13.2 Å². The maximum atomic E-state index is 12.4. The first-order valence-electron chi connectivity index (χ1n) is 7.25. The average molecular weight is 350 g/mol. The number of rotatable bonds is 6. The van der Waals surface area contributed by atoms with Crippen LogP contribution in [-0.2, 0) is 17.1 Å². The zero-order valence-corrected chi connectivity index (χ0v) is 15.4. The first-order chi connectivity index (χ1) is 9.97. The van der Waals surface area contributed by atoms with Gasteiger partial charge >= 0.3 is 0 Å². The number of carbonyl (C=O) groups is 1. The summed E-state index contributed by atoms with van der Waals surface area (Å²) in [6.07, 6.45) is 0.473. The van der Waals surface area contributed by atoms with Crippen LogP contribution >= 0.6 is 11.6 Å². The molecule has 0 radical (unpaired) electrons. The van der Waals surface area contributed by atoms with Gasteiger partial charge in [-0.05, 0) is 25.2 Å². The van der Waals surface area contributed by atoms with E-state index in [2.05, 4.69) is 9.82 Å². The van der Waals surface area contributed by atoms with Crippen molar-refractivity contribution in [2.45, 2.75) is 52.2 Å². The van der Waals surface area contributed by atoms with Gasteiger partial charge in [-0.25, -0.2) is 13.1 Å². The molecule has 1 aromatic rings. The van der Waals surface area contributed by atoms with Crippen molar-refractivity contribution in [2.75, 3.05) is 0 Å². The predicted molar refractivity (Wildman–Crippen MR) is 87.6 cm³/mol. The van der Waals surface area contributed by atoms with Crippen molar-refractivity contribution < 1.29 is 13.2 Å². The van der Waals surface area contributed by atoms with E-state index < -0.39 is 21.2 Å². The standard InChI is InChI=1S/C14H24ClN3O3S/c1-8(2)7-10(5)22(20,21)17-14(19)11-12(9(3)4)16-18(6)13(11)15/h8-10H,7H2,1-6H3,(H,17,19)/t10-/m1/s1. The van der Waals surface area contributed by atoms with Gasteiger partial charge in [0.25, 0.3) is 5.91 Å². The summed E-state index contributed by atoms with van der Waals surface area (Å²) in [6.45, 7) is 9.19. The molecule has 1 amide bonds. The summed E-state index contributed by atoms with van der Waals surface area (Å²) in [6, 6.07) is 0. The maximum Gasteiger partial charge on any atom is 0.269 e. The Morgan fingerprint density at radius 3 is 2.27 bits per heavy atom. The van der Waals surface area contributed by atoms with Crippen molar-refractivity contribution >= 4 is 27.5 Å². The third kappa shape index (κ3) is 4.23. The van der Waals surface area contributed by atoms with Crippen LogP contribution in [0, 0.1) is 5.92 Å². The highest BCUT2D eigenvalue weighted by Crippen LogP contribution is 2.25. The molecule has 0 saturated carbocycles. The fourth-order valence-corrected chi connectivity index (χ4v) is 3.63. The van der Waals surface area contributed by atoms with E-state index in [0.29, 0.717) is 12.1 Å². The van der Waals surface area contributed by atoms with Gasteiger partial charge in [-0.1, -0.05) is 39.3 Å². The quantitative estimate of drug-likeness (QED) is 0.856. The summed E-state index contributed by atoms with van der Waals surface area (Å²) in [5, 5.41) is 3.66. The van der Waals surface area contributed by atoms with Crippen LogP contribution in [0.5, 0.6) is 0 Å². The second-order valence-corrected chi connectivity index (χ2v) is 8.70. The zero-order chi connectivity index (χ0) is 17.2.